The topological polar surface area (TPSA) is 81.7 Å². The van der Waals surface area contributed by atoms with Crippen molar-refractivity contribution in [1.29, 1.82) is 0 Å². The third-order valence-electron chi connectivity index (χ3n) is 5.55. The Balaban J connectivity index is 1.24. The maximum Gasteiger partial charge on any atom is 0.225 e. The summed E-state index contributed by atoms with van der Waals surface area (Å²) in [6.45, 7) is 0.818. The first-order valence-corrected chi connectivity index (χ1v) is 11.8. The number of hydrogen-bond donors (Lipinski definition) is 1. The molecule has 1 aliphatic carbocycles. The van der Waals surface area contributed by atoms with E-state index in [-0.39, 0.29) is 23.0 Å². The maximum atomic E-state index is 12.7. The van der Waals surface area contributed by atoms with E-state index in [1.165, 1.54) is 28.8 Å². The highest BCUT2D eigenvalue weighted by molar-refractivity contribution is 7.91. The van der Waals surface area contributed by atoms with E-state index in [0.717, 1.165) is 12.0 Å². The second-order valence-electron chi connectivity index (χ2n) is 7.63. The van der Waals surface area contributed by atoms with Crippen LogP contribution < -0.4 is 14.8 Å². The van der Waals surface area contributed by atoms with E-state index < -0.39 is 9.84 Å². The van der Waals surface area contributed by atoms with Crippen molar-refractivity contribution >= 4 is 21.4 Å². The van der Waals surface area contributed by atoms with E-state index in [9.17, 15) is 13.2 Å². The van der Waals surface area contributed by atoms with Crippen LogP contribution >= 0.6 is 0 Å². The lowest BCUT2D eigenvalue weighted by molar-refractivity contribution is -0.115. The molecule has 3 aromatic rings. The van der Waals surface area contributed by atoms with Gasteiger partial charge in [-0.05, 0) is 52.9 Å². The highest BCUT2D eigenvalue weighted by Crippen LogP contribution is 2.37. The van der Waals surface area contributed by atoms with Gasteiger partial charge in [0.05, 0.1) is 10.6 Å². The van der Waals surface area contributed by atoms with Crippen LogP contribution in [0.5, 0.6) is 11.5 Å². The Bertz CT molecular complexity index is 1280. The van der Waals surface area contributed by atoms with Crippen LogP contribution in [0.15, 0.2) is 65.6 Å². The molecule has 0 bridgehead atoms. The number of amides is 1. The fraction of sp³-hybridized carbons (Fsp3) is 0.208. The van der Waals surface area contributed by atoms with Gasteiger partial charge in [0.15, 0.2) is 21.3 Å². The molecule has 0 aromatic heterocycles. The number of nitrogens with one attached hydrogen (secondary N) is 1. The molecule has 1 N–H and O–H groups in total. The van der Waals surface area contributed by atoms with Gasteiger partial charge in [0, 0.05) is 18.2 Å². The number of sulfone groups is 1. The first kappa shape index (κ1) is 19.6. The van der Waals surface area contributed by atoms with Gasteiger partial charge >= 0.3 is 0 Å². The van der Waals surface area contributed by atoms with Gasteiger partial charge in [0.2, 0.25) is 5.91 Å². The van der Waals surface area contributed by atoms with Gasteiger partial charge in [0.25, 0.3) is 0 Å². The minimum atomic E-state index is -3.62. The van der Waals surface area contributed by atoms with Crippen LogP contribution in [-0.2, 0) is 21.1 Å². The number of hydrogen-bond acceptors (Lipinski definition) is 5. The Morgan fingerprint density at radius 3 is 2.52 bits per heavy atom. The van der Waals surface area contributed by atoms with Crippen LogP contribution in [0.3, 0.4) is 0 Å². The summed E-state index contributed by atoms with van der Waals surface area (Å²) in [5.74, 6) is 0.323. The van der Waals surface area contributed by atoms with E-state index in [0.29, 0.717) is 30.4 Å². The van der Waals surface area contributed by atoms with E-state index >= 15 is 0 Å². The molecule has 1 heterocycles. The number of rotatable bonds is 5. The molecular weight excluding hydrogens is 414 g/mol. The molecular formula is C24H21NO5S. The molecule has 0 atom stereocenters. The van der Waals surface area contributed by atoms with Gasteiger partial charge < -0.3 is 14.8 Å². The van der Waals surface area contributed by atoms with Crippen molar-refractivity contribution in [1.82, 2.24) is 0 Å². The fourth-order valence-electron chi connectivity index (χ4n) is 4.01. The van der Waals surface area contributed by atoms with Crippen molar-refractivity contribution in [2.45, 2.75) is 17.7 Å². The van der Waals surface area contributed by atoms with Gasteiger partial charge in [0.1, 0.15) is 13.2 Å². The summed E-state index contributed by atoms with van der Waals surface area (Å²) < 4.78 is 36.2. The van der Waals surface area contributed by atoms with Gasteiger partial charge in [-0.3, -0.25) is 4.79 Å². The number of carbonyl (C=O) groups excluding carboxylic acids is 1. The standard InChI is InChI=1S/C24H21NO5S/c26-24(9-12-31(27,28)19-6-8-22-23(15-19)30-11-10-29-22)25-18-5-7-21-17(14-18)13-16-3-1-2-4-20(16)21/h1-8,14-15H,9-13H2,(H,25,26). The summed E-state index contributed by atoms with van der Waals surface area (Å²) in [7, 11) is -3.62. The molecule has 0 unspecified atom stereocenters. The lowest BCUT2D eigenvalue weighted by atomic mass is 10.1. The van der Waals surface area contributed by atoms with E-state index in [1.807, 2.05) is 30.3 Å². The van der Waals surface area contributed by atoms with E-state index in [2.05, 4.69) is 17.4 Å². The Morgan fingerprint density at radius 2 is 1.65 bits per heavy atom. The molecule has 0 saturated carbocycles. The van der Waals surface area contributed by atoms with Crippen LogP contribution in [0, 0.1) is 0 Å². The zero-order chi connectivity index (χ0) is 21.4. The van der Waals surface area contributed by atoms with Gasteiger partial charge in [-0.25, -0.2) is 8.42 Å². The number of anilines is 1. The lowest BCUT2D eigenvalue weighted by Crippen LogP contribution is -2.18. The van der Waals surface area contributed by atoms with Gasteiger partial charge in [-0.2, -0.15) is 0 Å². The molecule has 2 aliphatic rings. The molecule has 1 aliphatic heterocycles. The Labute approximate surface area is 180 Å². The molecule has 0 spiro atoms. The van der Waals surface area contributed by atoms with Crippen LogP contribution in [0.4, 0.5) is 5.69 Å². The average molecular weight is 436 g/mol. The predicted molar refractivity (Wildman–Crippen MR) is 117 cm³/mol. The number of ether oxygens (including phenoxy) is 2. The van der Waals surface area contributed by atoms with E-state index in [4.69, 9.17) is 9.47 Å². The maximum absolute atomic E-state index is 12.7. The highest BCUT2D eigenvalue weighted by Gasteiger charge is 2.21. The summed E-state index contributed by atoms with van der Waals surface area (Å²) in [4.78, 5) is 12.5. The number of carbonyl (C=O) groups is 1. The second-order valence-corrected chi connectivity index (χ2v) is 9.74. The molecule has 6 nitrogen and oxygen atoms in total. The smallest absolute Gasteiger partial charge is 0.225 e. The van der Waals surface area contributed by atoms with E-state index in [1.54, 1.807) is 6.07 Å². The summed E-state index contributed by atoms with van der Waals surface area (Å²) in [6, 6.07) is 18.6. The van der Waals surface area contributed by atoms with Crippen molar-refractivity contribution in [3.8, 4) is 22.6 Å². The SMILES string of the molecule is O=C(CCS(=O)(=O)c1ccc2c(c1)OCCO2)Nc1ccc2c(c1)Cc1ccccc1-2. The second kappa shape index (κ2) is 7.74. The molecule has 0 saturated heterocycles. The monoisotopic (exact) mass is 435 g/mol. The minimum absolute atomic E-state index is 0.125. The Morgan fingerprint density at radius 1 is 0.871 bits per heavy atom. The summed E-state index contributed by atoms with van der Waals surface area (Å²) >= 11 is 0. The molecule has 31 heavy (non-hydrogen) atoms. The first-order chi connectivity index (χ1) is 15.0. The average Bonchev–Trinajstić information content (AvgIpc) is 3.15. The molecule has 0 radical (unpaired) electrons. The zero-order valence-electron chi connectivity index (χ0n) is 16.8. The zero-order valence-corrected chi connectivity index (χ0v) is 17.6. The summed E-state index contributed by atoms with van der Waals surface area (Å²) in [6.07, 6.45) is 0.696. The fourth-order valence-corrected chi connectivity index (χ4v) is 5.26. The van der Waals surface area contributed by atoms with Crippen LogP contribution in [0.25, 0.3) is 11.1 Å². The van der Waals surface area contributed by atoms with Gasteiger partial charge in [-0.15, -0.1) is 0 Å². The van der Waals surface area contributed by atoms with Crippen LogP contribution in [0.2, 0.25) is 0 Å². The quantitative estimate of drug-likeness (QED) is 0.515. The van der Waals surface area contributed by atoms with Crippen LogP contribution in [-0.4, -0.2) is 33.3 Å². The summed E-state index contributed by atoms with van der Waals surface area (Å²) in [5, 5.41) is 2.82. The Kier molecular flexibility index (Phi) is 4.90. The Hall–Kier alpha value is -3.32. The van der Waals surface area contributed by atoms with Crippen molar-refractivity contribution < 1.29 is 22.7 Å². The molecule has 0 fully saturated rings. The predicted octanol–water partition coefficient (Wildman–Crippen LogP) is 3.83. The molecule has 5 rings (SSSR count). The van der Waals surface area contributed by atoms with Gasteiger partial charge in [-0.1, -0.05) is 30.3 Å². The molecule has 7 heteroatoms. The third kappa shape index (κ3) is 3.88. The molecule has 158 valence electrons. The first-order valence-electron chi connectivity index (χ1n) is 10.1. The van der Waals surface area contributed by atoms with Crippen molar-refractivity contribution in [3.05, 3.63) is 71.8 Å². The number of fused-ring (bicyclic) bond motifs is 4. The lowest BCUT2D eigenvalue weighted by Gasteiger charge is -2.18. The van der Waals surface area contributed by atoms with Crippen molar-refractivity contribution in [2.24, 2.45) is 0 Å². The normalized spacial score (nSPS) is 13.9. The minimum Gasteiger partial charge on any atom is -0.486 e. The third-order valence-corrected chi connectivity index (χ3v) is 7.26. The summed E-state index contributed by atoms with van der Waals surface area (Å²) in [5.41, 5.74) is 5.50. The molecule has 1 amide bonds. The van der Waals surface area contributed by atoms with Crippen LogP contribution in [0.1, 0.15) is 17.5 Å². The number of benzene rings is 3. The largest absolute Gasteiger partial charge is 0.486 e. The van der Waals surface area contributed by atoms with Crippen molar-refractivity contribution in [2.75, 3.05) is 24.3 Å². The highest BCUT2D eigenvalue weighted by atomic mass is 32.2. The van der Waals surface area contributed by atoms with Crippen molar-refractivity contribution in [3.63, 3.8) is 0 Å². The molecule has 3 aromatic carbocycles.